The average molecular weight is 412 g/mol. The van der Waals surface area contributed by atoms with Gasteiger partial charge < -0.3 is 14.2 Å². The highest BCUT2D eigenvalue weighted by atomic mass is 16.5. The third kappa shape index (κ3) is 3.20. The molecule has 1 aromatic carbocycles. The summed E-state index contributed by atoms with van der Waals surface area (Å²) in [5.74, 6) is 2.10. The zero-order valence-corrected chi connectivity index (χ0v) is 18.3. The number of aryl methyl sites for hydroxylation is 1. The van der Waals surface area contributed by atoms with Gasteiger partial charge in [-0.1, -0.05) is 32.9 Å². The number of aromatic nitrogens is 4. The maximum atomic E-state index is 13.4. The lowest BCUT2D eigenvalue weighted by atomic mass is 10.1. The highest BCUT2D eigenvalue weighted by Gasteiger charge is 2.31. The van der Waals surface area contributed by atoms with Gasteiger partial charge >= 0.3 is 5.69 Å². The van der Waals surface area contributed by atoms with Crippen LogP contribution in [-0.4, -0.2) is 32.3 Å². The van der Waals surface area contributed by atoms with Crippen molar-refractivity contribution in [2.75, 3.05) is 18.6 Å². The summed E-state index contributed by atoms with van der Waals surface area (Å²) < 4.78 is 10.4. The summed E-state index contributed by atoms with van der Waals surface area (Å²) in [7, 11) is 3.33. The topological polar surface area (TPSA) is 74.3 Å². The number of benzene rings is 1. The summed E-state index contributed by atoms with van der Waals surface area (Å²) in [4.78, 5) is 33.1. The van der Waals surface area contributed by atoms with Crippen molar-refractivity contribution in [3.05, 3.63) is 45.1 Å². The number of para-hydroxylation sites is 2. The molecule has 0 bridgehead atoms. The first-order chi connectivity index (χ1) is 14.3. The number of nitrogens with zero attached hydrogens (tertiary/aromatic N) is 5. The maximum Gasteiger partial charge on any atom is 0.332 e. The molecule has 1 atom stereocenters. The number of anilines is 2. The van der Waals surface area contributed by atoms with Crippen molar-refractivity contribution in [3.63, 3.8) is 0 Å². The Kier molecular flexibility index (Phi) is 5.17. The van der Waals surface area contributed by atoms with Crippen molar-refractivity contribution >= 4 is 22.8 Å². The number of methoxy groups -OCH3 is 1. The highest BCUT2D eigenvalue weighted by Crippen LogP contribution is 2.37. The van der Waals surface area contributed by atoms with E-state index in [1.807, 2.05) is 28.8 Å². The minimum absolute atomic E-state index is 0.262. The maximum absolute atomic E-state index is 13.4. The smallest absolute Gasteiger partial charge is 0.332 e. The molecule has 1 aliphatic rings. The lowest BCUT2D eigenvalue weighted by molar-refractivity contribution is 0.409. The third-order valence-corrected chi connectivity index (χ3v) is 5.75. The van der Waals surface area contributed by atoms with Crippen molar-refractivity contribution in [1.82, 2.24) is 18.7 Å². The van der Waals surface area contributed by atoms with Gasteiger partial charge in [0, 0.05) is 26.7 Å². The Labute approximate surface area is 175 Å². The SMILES string of the molecule is COc1ccccc1N1C[C@H](C)Cn2c1nc1c2c(=O)n(CCC(C)C)c(=O)n1C. The Morgan fingerprint density at radius 3 is 2.63 bits per heavy atom. The van der Waals surface area contributed by atoms with Crippen LogP contribution in [-0.2, 0) is 20.1 Å². The van der Waals surface area contributed by atoms with Crippen LogP contribution in [0.1, 0.15) is 27.2 Å². The molecule has 4 rings (SSSR count). The summed E-state index contributed by atoms with van der Waals surface area (Å²) in [5, 5.41) is 0. The summed E-state index contributed by atoms with van der Waals surface area (Å²) in [5.41, 5.74) is 1.23. The van der Waals surface area contributed by atoms with Gasteiger partial charge in [-0.05, 0) is 30.4 Å². The summed E-state index contributed by atoms with van der Waals surface area (Å²) in [6.45, 7) is 8.15. The molecule has 8 nitrogen and oxygen atoms in total. The van der Waals surface area contributed by atoms with Crippen molar-refractivity contribution in [2.45, 2.75) is 40.3 Å². The van der Waals surface area contributed by atoms with E-state index in [0.717, 1.165) is 24.4 Å². The van der Waals surface area contributed by atoms with Crippen molar-refractivity contribution < 1.29 is 4.74 Å². The molecule has 30 heavy (non-hydrogen) atoms. The molecular weight excluding hydrogens is 382 g/mol. The molecule has 1 aliphatic heterocycles. The fourth-order valence-electron chi connectivity index (χ4n) is 4.15. The predicted octanol–water partition coefficient (Wildman–Crippen LogP) is 2.74. The summed E-state index contributed by atoms with van der Waals surface area (Å²) >= 11 is 0. The van der Waals surface area contributed by atoms with Crippen LogP contribution < -0.4 is 20.9 Å². The Bertz CT molecular complexity index is 1200. The average Bonchev–Trinajstić information content (AvgIpc) is 3.11. The van der Waals surface area contributed by atoms with Crippen LogP contribution in [0.5, 0.6) is 5.75 Å². The molecule has 0 spiro atoms. The van der Waals surface area contributed by atoms with Crippen molar-refractivity contribution in [1.29, 1.82) is 0 Å². The lowest BCUT2D eigenvalue weighted by Gasteiger charge is -2.33. The predicted molar refractivity (Wildman–Crippen MR) is 118 cm³/mol. The second-order valence-corrected chi connectivity index (χ2v) is 8.56. The quantitative estimate of drug-likeness (QED) is 0.645. The Hall–Kier alpha value is -3.03. The van der Waals surface area contributed by atoms with Gasteiger partial charge in [-0.15, -0.1) is 0 Å². The Morgan fingerprint density at radius 1 is 1.20 bits per heavy atom. The van der Waals surface area contributed by atoms with Crippen LogP contribution in [0.15, 0.2) is 33.9 Å². The lowest BCUT2D eigenvalue weighted by Crippen LogP contribution is -2.40. The molecule has 0 saturated carbocycles. The molecule has 0 unspecified atom stereocenters. The van der Waals surface area contributed by atoms with E-state index in [9.17, 15) is 9.59 Å². The van der Waals surface area contributed by atoms with Gasteiger partial charge in [-0.3, -0.25) is 13.9 Å². The monoisotopic (exact) mass is 411 g/mol. The number of rotatable bonds is 5. The zero-order chi connectivity index (χ0) is 21.6. The van der Waals surface area contributed by atoms with Crippen LogP contribution >= 0.6 is 0 Å². The standard InChI is InChI=1S/C22H29N5O3/c1-14(2)10-11-25-20(28)18-19(24(4)22(25)29)23-21-26(12-15(3)13-27(18)21)16-8-6-7-9-17(16)30-5/h6-9,14-15H,10-13H2,1-5H3/t15-/m0/s1. The van der Waals surface area contributed by atoms with Crippen LogP contribution in [0.2, 0.25) is 0 Å². The molecule has 8 heteroatoms. The second kappa shape index (κ2) is 7.66. The fourth-order valence-corrected chi connectivity index (χ4v) is 4.15. The van der Waals surface area contributed by atoms with Gasteiger partial charge in [-0.2, -0.15) is 4.98 Å². The van der Waals surface area contributed by atoms with Crippen molar-refractivity contribution in [2.24, 2.45) is 18.9 Å². The molecule has 0 aliphatic carbocycles. The second-order valence-electron chi connectivity index (χ2n) is 8.56. The molecule has 3 aromatic rings. The molecular formula is C22H29N5O3. The van der Waals surface area contributed by atoms with E-state index in [2.05, 4.69) is 25.7 Å². The van der Waals surface area contributed by atoms with Gasteiger partial charge in [-0.25, -0.2) is 4.79 Å². The first-order valence-electron chi connectivity index (χ1n) is 10.4. The van der Waals surface area contributed by atoms with E-state index < -0.39 is 0 Å². The summed E-state index contributed by atoms with van der Waals surface area (Å²) in [6, 6.07) is 7.78. The normalized spacial score (nSPS) is 16.3. The number of imidazole rings is 1. The minimum atomic E-state index is -0.319. The summed E-state index contributed by atoms with van der Waals surface area (Å²) in [6.07, 6.45) is 0.769. The van der Waals surface area contributed by atoms with Gasteiger partial charge in [0.15, 0.2) is 11.2 Å². The van der Waals surface area contributed by atoms with E-state index in [0.29, 0.717) is 42.0 Å². The van der Waals surface area contributed by atoms with Crippen LogP contribution in [0.3, 0.4) is 0 Å². The van der Waals surface area contributed by atoms with Gasteiger partial charge in [0.2, 0.25) is 5.95 Å². The molecule has 160 valence electrons. The molecule has 0 saturated heterocycles. The Balaban J connectivity index is 1.96. The van der Waals surface area contributed by atoms with E-state index in [1.54, 1.807) is 14.2 Å². The number of hydrogen-bond acceptors (Lipinski definition) is 5. The van der Waals surface area contributed by atoms with E-state index in [-0.39, 0.29) is 11.2 Å². The van der Waals surface area contributed by atoms with Gasteiger partial charge in [0.1, 0.15) is 5.75 Å². The fraction of sp³-hybridized carbons (Fsp3) is 0.500. The van der Waals surface area contributed by atoms with Gasteiger partial charge in [0.25, 0.3) is 5.56 Å². The molecule has 0 N–H and O–H groups in total. The molecule has 3 heterocycles. The molecule has 0 radical (unpaired) electrons. The van der Waals surface area contributed by atoms with Crippen molar-refractivity contribution in [3.8, 4) is 5.75 Å². The molecule has 2 aromatic heterocycles. The molecule has 0 fully saturated rings. The number of hydrogen-bond donors (Lipinski definition) is 0. The number of ether oxygens (including phenoxy) is 1. The Morgan fingerprint density at radius 2 is 1.93 bits per heavy atom. The highest BCUT2D eigenvalue weighted by molar-refractivity contribution is 5.78. The zero-order valence-electron chi connectivity index (χ0n) is 18.3. The minimum Gasteiger partial charge on any atom is -0.495 e. The largest absolute Gasteiger partial charge is 0.495 e. The number of fused-ring (bicyclic) bond motifs is 3. The van der Waals surface area contributed by atoms with E-state index in [1.165, 1.54) is 9.13 Å². The van der Waals surface area contributed by atoms with Crippen LogP contribution in [0.25, 0.3) is 11.2 Å². The van der Waals surface area contributed by atoms with Crippen LogP contribution in [0, 0.1) is 11.8 Å². The molecule has 0 amide bonds. The first kappa shape index (κ1) is 20.3. The van der Waals surface area contributed by atoms with E-state index >= 15 is 0 Å². The van der Waals surface area contributed by atoms with Crippen LogP contribution in [0.4, 0.5) is 11.6 Å². The van der Waals surface area contributed by atoms with E-state index in [4.69, 9.17) is 9.72 Å². The first-order valence-corrected chi connectivity index (χ1v) is 10.4. The van der Waals surface area contributed by atoms with Gasteiger partial charge in [0.05, 0.1) is 12.8 Å². The third-order valence-electron chi connectivity index (χ3n) is 5.75.